The van der Waals surface area contributed by atoms with E-state index in [1.165, 1.54) is 4.31 Å². The monoisotopic (exact) mass is 330 g/mol. The second kappa shape index (κ2) is 6.77. The molecule has 1 aliphatic heterocycles. The van der Waals surface area contributed by atoms with Crippen LogP contribution in [-0.4, -0.2) is 43.5 Å². The van der Waals surface area contributed by atoms with Crippen molar-refractivity contribution in [3.05, 3.63) is 34.9 Å². The zero-order chi connectivity index (χ0) is 15.5. The topological polar surface area (TPSA) is 66.5 Å². The summed E-state index contributed by atoms with van der Waals surface area (Å²) < 4.78 is 25.0. The van der Waals surface area contributed by atoms with Crippen LogP contribution in [0.5, 0.6) is 0 Å². The van der Waals surface area contributed by atoms with Crippen molar-refractivity contribution < 1.29 is 13.2 Å². The van der Waals surface area contributed by atoms with Crippen molar-refractivity contribution in [2.24, 2.45) is 0 Å². The Kier molecular flexibility index (Phi) is 5.24. The number of carbonyl (C=O) groups is 1. The van der Waals surface area contributed by atoms with Gasteiger partial charge in [0.2, 0.25) is 10.0 Å². The molecule has 21 heavy (non-hydrogen) atoms. The minimum Gasteiger partial charge on any atom is -0.349 e. The van der Waals surface area contributed by atoms with Crippen molar-refractivity contribution in [1.82, 2.24) is 9.62 Å². The van der Waals surface area contributed by atoms with Gasteiger partial charge in [-0.2, -0.15) is 0 Å². The molecule has 1 saturated heterocycles. The lowest BCUT2D eigenvalue weighted by Gasteiger charge is -2.31. The smallest absolute Gasteiger partial charge is 0.251 e. The number of nitrogens with zero attached hydrogens (tertiary/aromatic N) is 1. The first kappa shape index (κ1) is 16.3. The number of hydrogen-bond donors (Lipinski definition) is 1. The van der Waals surface area contributed by atoms with E-state index in [2.05, 4.69) is 5.32 Å². The second-order valence-electron chi connectivity index (χ2n) is 5.06. The third kappa shape index (κ3) is 4.18. The van der Waals surface area contributed by atoms with Gasteiger partial charge in [0.15, 0.2) is 0 Å². The number of hydrogen-bond acceptors (Lipinski definition) is 3. The van der Waals surface area contributed by atoms with Gasteiger partial charge < -0.3 is 5.32 Å². The Labute approximate surface area is 130 Å². The predicted molar refractivity (Wildman–Crippen MR) is 83.0 cm³/mol. The molecule has 1 N–H and O–H groups in total. The van der Waals surface area contributed by atoms with Crippen LogP contribution < -0.4 is 5.32 Å². The molecule has 0 spiro atoms. The summed E-state index contributed by atoms with van der Waals surface area (Å²) in [7, 11) is -3.13. The Balaban J connectivity index is 1.91. The Morgan fingerprint density at radius 3 is 2.62 bits per heavy atom. The average molecular weight is 331 g/mol. The molecule has 1 heterocycles. The molecule has 1 amide bonds. The first-order valence-corrected chi connectivity index (χ1v) is 8.95. The molecule has 7 heteroatoms. The Morgan fingerprint density at radius 1 is 1.38 bits per heavy atom. The van der Waals surface area contributed by atoms with Crippen LogP contribution in [0.25, 0.3) is 0 Å². The molecule has 1 aromatic rings. The van der Waals surface area contributed by atoms with Gasteiger partial charge in [-0.3, -0.25) is 4.79 Å². The lowest BCUT2D eigenvalue weighted by atomic mass is 10.1. The van der Waals surface area contributed by atoms with Gasteiger partial charge in [-0.05, 0) is 38.0 Å². The highest BCUT2D eigenvalue weighted by Gasteiger charge is 2.27. The summed E-state index contributed by atoms with van der Waals surface area (Å²) in [4.78, 5) is 12.1. The molecule has 1 fully saturated rings. The van der Waals surface area contributed by atoms with E-state index >= 15 is 0 Å². The summed E-state index contributed by atoms with van der Waals surface area (Å²) in [5.74, 6) is -0.0543. The van der Waals surface area contributed by atoms with E-state index < -0.39 is 10.0 Å². The van der Waals surface area contributed by atoms with Crippen LogP contribution in [0.2, 0.25) is 5.02 Å². The third-order valence-corrected chi connectivity index (χ3v) is 5.75. The molecule has 0 unspecified atom stereocenters. The standard InChI is InChI=1S/C14H19ClN2O3S/c1-2-21(19,20)17-8-6-13(7-9-17)16-14(18)11-4-3-5-12(15)10-11/h3-5,10,13H,2,6-9H2,1H3,(H,16,18). The number of nitrogens with one attached hydrogen (secondary N) is 1. The molecule has 1 aromatic carbocycles. The maximum absolute atomic E-state index is 12.1. The van der Waals surface area contributed by atoms with E-state index in [9.17, 15) is 13.2 Å². The third-order valence-electron chi connectivity index (χ3n) is 3.63. The molecule has 0 bridgehead atoms. The fraction of sp³-hybridized carbons (Fsp3) is 0.500. The number of rotatable bonds is 4. The SMILES string of the molecule is CCS(=O)(=O)N1CCC(NC(=O)c2cccc(Cl)c2)CC1. The van der Waals surface area contributed by atoms with Gasteiger partial charge in [-0.15, -0.1) is 0 Å². The highest BCUT2D eigenvalue weighted by atomic mass is 35.5. The molecular formula is C14H19ClN2O3S. The van der Waals surface area contributed by atoms with Crippen molar-refractivity contribution >= 4 is 27.5 Å². The fourth-order valence-electron chi connectivity index (χ4n) is 2.36. The van der Waals surface area contributed by atoms with Crippen molar-refractivity contribution in [2.75, 3.05) is 18.8 Å². The molecule has 0 saturated carbocycles. The average Bonchev–Trinajstić information content (AvgIpc) is 2.48. The van der Waals surface area contributed by atoms with Crippen LogP contribution in [0.3, 0.4) is 0 Å². The van der Waals surface area contributed by atoms with Crippen molar-refractivity contribution in [3.63, 3.8) is 0 Å². The first-order chi connectivity index (χ1) is 9.92. The number of piperidine rings is 1. The van der Waals surface area contributed by atoms with Crippen LogP contribution in [-0.2, 0) is 10.0 Å². The molecular weight excluding hydrogens is 312 g/mol. The zero-order valence-corrected chi connectivity index (χ0v) is 13.5. The Bertz CT molecular complexity index is 610. The molecule has 0 atom stereocenters. The van der Waals surface area contributed by atoms with Crippen LogP contribution in [0.1, 0.15) is 30.1 Å². The van der Waals surface area contributed by atoms with Gasteiger partial charge in [0.05, 0.1) is 5.75 Å². The van der Waals surface area contributed by atoms with E-state index in [0.29, 0.717) is 36.5 Å². The van der Waals surface area contributed by atoms with E-state index in [1.54, 1.807) is 31.2 Å². The van der Waals surface area contributed by atoms with E-state index in [-0.39, 0.29) is 17.7 Å². The highest BCUT2D eigenvalue weighted by molar-refractivity contribution is 7.89. The number of sulfonamides is 1. The van der Waals surface area contributed by atoms with E-state index in [0.717, 1.165) is 0 Å². The number of benzene rings is 1. The molecule has 0 aliphatic carbocycles. The normalized spacial score (nSPS) is 17.6. The van der Waals surface area contributed by atoms with E-state index in [4.69, 9.17) is 11.6 Å². The molecule has 1 aliphatic rings. The largest absolute Gasteiger partial charge is 0.349 e. The van der Waals surface area contributed by atoms with Gasteiger partial charge in [0.1, 0.15) is 0 Å². The molecule has 116 valence electrons. The van der Waals surface area contributed by atoms with Crippen LogP contribution in [0.4, 0.5) is 0 Å². The number of carbonyl (C=O) groups excluding carboxylic acids is 1. The van der Waals surface area contributed by atoms with Crippen molar-refractivity contribution in [1.29, 1.82) is 0 Å². The predicted octanol–water partition coefficient (Wildman–Crippen LogP) is 1.88. The van der Waals surface area contributed by atoms with E-state index in [1.807, 2.05) is 0 Å². The second-order valence-corrected chi connectivity index (χ2v) is 7.75. The highest BCUT2D eigenvalue weighted by Crippen LogP contribution is 2.16. The van der Waals surface area contributed by atoms with Gasteiger partial charge in [0, 0.05) is 29.7 Å². The van der Waals surface area contributed by atoms with Gasteiger partial charge in [0.25, 0.3) is 5.91 Å². The summed E-state index contributed by atoms with van der Waals surface area (Å²) in [6, 6.07) is 6.77. The Hall–Kier alpha value is -1.11. The summed E-state index contributed by atoms with van der Waals surface area (Å²) >= 11 is 5.86. The van der Waals surface area contributed by atoms with Crippen molar-refractivity contribution in [2.45, 2.75) is 25.8 Å². The number of halogens is 1. The summed E-state index contributed by atoms with van der Waals surface area (Å²) in [5.41, 5.74) is 0.520. The Morgan fingerprint density at radius 2 is 2.05 bits per heavy atom. The molecule has 5 nitrogen and oxygen atoms in total. The summed E-state index contributed by atoms with van der Waals surface area (Å²) in [5, 5.41) is 3.45. The summed E-state index contributed by atoms with van der Waals surface area (Å²) in [6.45, 7) is 2.55. The van der Waals surface area contributed by atoms with Gasteiger partial charge in [-0.1, -0.05) is 17.7 Å². The minimum absolute atomic E-state index is 0.000197. The fourth-order valence-corrected chi connectivity index (χ4v) is 3.68. The zero-order valence-electron chi connectivity index (χ0n) is 11.9. The first-order valence-electron chi connectivity index (χ1n) is 6.96. The molecule has 0 aromatic heterocycles. The summed E-state index contributed by atoms with van der Waals surface area (Å²) in [6.07, 6.45) is 1.26. The van der Waals surface area contributed by atoms with Crippen LogP contribution >= 0.6 is 11.6 Å². The molecule has 2 rings (SSSR count). The van der Waals surface area contributed by atoms with Crippen LogP contribution in [0.15, 0.2) is 24.3 Å². The minimum atomic E-state index is -3.13. The quantitative estimate of drug-likeness (QED) is 0.916. The van der Waals surface area contributed by atoms with Crippen molar-refractivity contribution in [3.8, 4) is 0 Å². The molecule has 0 radical (unpaired) electrons. The maximum Gasteiger partial charge on any atom is 0.251 e. The lowest BCUT2D eigenvalue weighted by Crippen LogP contribution is -2.46. The van der Waals surface area contributed by atoms with Gasteiger partial charge in [-0.25, -0.2) is 12.7 Å². The van der Waals surface area contributed by atoms with Crippen LogP contribution in [0, 0.1) is 0 Å². The van der Waals surface area contributed by atoms with Gasteiger partial charge >= 0.3 is 0 Å². The maximum atomic E-state index is 12.1. The number of amides is 1. The lowest BCUT2D eigenvalue weighted by molar-refractivity contribution is 0.0924.